The molecule has 0 aliphatic carbocycles. The Morgan fingerprint density at radius 3 is 2.89 bits per heavy atom. The molecule has 1 unspecified atom stereocenters. The number of nitrogens with zero attached hydrogens (tertiary/aromatic N) is 1. The maximum absolute atomic E-state index is 5.51. The summed E-state index contributed by atoms with van der Waals surface area (Å²) in [4.78, 5) is 4.51. The van der Waals surface area contributed by atoms with Gasteiger partial charge in [-0.05, 0) is 25.6 Å². The Morgan fingerprint density at radius 1 is 1.39 bits per heavy atom. The predicted octanol–water partition coefficient (Wildman–Crippen LogP) is 3.18. The van der Waals surface area contributed by atoms with Crippen LogP contribution in [0.25, 0.3) is 0 Å². The molecular formula is C14H17BrN2O. The summed E-state index contributed by atoms with van der Waals surface area (Å²) < 4.78 is 6.60. The van der Waals surface area contributed by atoms with Crippen molar-refractivity contribution in [2.45, 2.75) is 25.8 Å². The molecule has 0 spiro atoms. The van der Waals surface area contributed by atoms with Crippen LogP contribution in [0.15, 0.2) is 39.4 Å². The van der Waals surface area contributed by atoms with Crippen LogP contribution < -0.4 is 5.32 Å². The molecule has 96 valence electrons. The zero-order valence-corrected chi connectivity index (χ0v) is 12.2. The van der Waals surface area contributed by atoms with Crippen LogP contribution in [0.2, 0.25) is 0 Å². The van der Waals surface area contributed by atoms with Crippen LogP contribution in [-0.2, 0) is 12.8 Å². The van der Waals surface area contributed by atoms with Gasteiger partial charge >= 0.3 is 0 Å². The largest absolute Gasteiger partial charge is 0.448 e. The van der Waals surface area contributed by atoms with E-state index in [0.29, 0.717) is 6.04 Å². The molecule has 0 saturated carbocycles. The maximum Gasteiger partial charge on any atom is 0.198 e. The van der Waals surface area contributed by atoms with Crippen LogP contribution in [0, 0.1) is 0 Å². The Bertz CT molecular complexity index is 510. The molecule has 0 saturated heterocycles. The third-order valence-corrected chi connectivity index (χ3v) is 3.68. The molecule has 2 rings (SSSR count). The quantitative estimate of drug-likeness (QED) is 0.922. The first kappa shape index (κ1) is 13.3. The van der Waals surface area contributed by atoms with E-state index in [0.717, 1.165) is 28.9 Å². The molecule has 4 heteroatoms. The smallest absolute Gasteiger partial charge is 0.198 e. The summed E-state index contributed by atoms with van der Waals surface area (Å²) in [5.74, 6) is 0.764. The second kappa shape index (κ2) is 6.16. The minimum absolute atomic E-state index is 0.409. The number of likely N-dealkylation sites (N-methyl/N-ethyl adjacent to an activating group) is 1. The van der Waals surface area contributed by atoms with Crippen molar-refractivity contribution in [3.63, 3.8) is 0 Å². The average Bonchev–Trinajstić information content (AvgIpc) is 2.79. The molecule has 18 heavy (non-hydrogen) atoms. The maximum atomic E-state index is 5.51. The van der Waals surface area contributed by atoms with Gasteiger partial charge in [-0.3, -0.25) is 0 Å². The van der Waals surface area contributed by atoms with Gasteiger partial charge < -0.3 is 9.73 Å². The summed E-state index contributed by atoms with van der Waals surface area (Å²) >= 11 is 3.53. The highest BCUT2D eigenvalue weighted by atomic mass is 79.9. The summed E-state index contributed by atoms with van der Waals surface area (Å²) in [6.45, 7) is 2.13. The fourth-order valence-electron chi connectivity index (χ4n) is 1.74. The van der Waals surface area contributed by atoms with Crippen molar-refractivity contribution in [3.05, 3.63) is 52.1 Å². The van der Waals surface area contributed by atoms with E-state index in [1.165, 1.54) is 5.56 Å². The highest BCUT2D eigenvalue weighted by Crippen LogP contribution is 2.19. The minimum Gasteiger partial charge on any atom is -0.448 e. The van der Waals surface area contributed by atoms with Crippen LogP contribution in [0.3, 0.4) is 0 Å². The van der Waals surface area contributed by atoms with Gasteiger partial charge in [0.2, 0.25) is 0 Å². The predicted molar refractivity (Wildman–Crippen MR) is 75.7 cm³/mol. The SMILES string of the molecule is CNC(C)Cc1coc(Cc2ccccc2Br)n1. The van der Waals surface area contributed by atoms with E-state index in [9.17, 15) is 0 Å². The van der Waals surface area contributed by atoms with E-state index < -0.39 is 0 Å². The number of halogens is 1. The van der Waals surface area contributed by atoms with Gasteiger partial charge in [-0.15, -0.1) is 0 Å². The second-order valence-corrected chi connectivity index (χ2v) is 5.25. The van der Waals surface area contributed by atoms with Crippen LogP contribution in [0.4, 0.5) is 0 Å². The Balaban J connectivity index is 2.05. The van der Waals surface area contributed by atoms with Gasteiger partial charge in [0.1, 0.15) is 6.26 Å². The molecule has 0 bridgehead atoms. The van der Waals surface area contributed by atoms with Crippen molar-refractivity contribution >= 4 is 15.9 Å². The normalized spacial score (nSPS) is 12.6. The number of benzene rings is 1. The van der Waals surface area contributed by atoms with Crippen LogP contribution in [0.1, 0.15) is 24.1 Å². The Labute approximate surface area is 116 Å². The molecule has 0 amide bonds. The number of aromatic nitrogens is 1. The molecule has 0 fully saturated rings. The van der Waals surface area contributed by atoms with E-state index in [1.807, 2.05) is 25.2 Å². The van der Waals surface area contributed by atoms with Crippen molar-refractivity contribution < 1.29 is 4.42 Å². The Kier molecular flexibility index (Phi) is 4.55. The van der Waals surface area contributed by atoms with E-state index in [4.69, 9.17) is 4.42 Å². The average molecular weight is 309 g/mol. The summed E-state index contributed by atoms with van der Waals surface area (Å²) in [7, 11) is 1.95. The van der Waals surface area contributed by atoms with Crippen LogP contribution >= 0.6 is 15.9 Å². The van der Waals surface area contributed by atoms with Crippen molar-refractivity contribution in [2.75, 3.05) is 7.05 Å². The van der Waals surface area contributed by atoms with Gasteiger partial charge in [0, 0.05) is 16.9 Å². The molecule has 1 atom stereocenters. The van der Waals surface area contributed by atoms with Gasteiger partial charge in [0.15, 0.2) is 5.89 Å². The third kappa shape index (κ3) is 3.43. The minimum atomic E-state index is 0.409. The second-order valence-electron chi connectivity index (χ2n) is 4.39. The fraction of sp³-hybridized carbons (Fsp3) is 0.357. The highest BCUT2D eigenvalue weighted by Gasteiger charge is 2.09. The molecule has 3 nitrogen and oxygen atoms in total. The van der Waals surface area contributed by atoms with Gasteiger partial charge in [-0.25, -0.2) is 4.98 Å². The first-order chi connectivity index (χ1) is 8.69. The molecule has 1 aromatic heterocycles. The standard InChI is InChI=1S/C14H17BrN2O/c1-10(16-2)7-12-9-18-14(17-12)8-11-5-3-4-6-13(11)15/h3-6,9-10,16H,7-8H2,1-2H3. The van der Waals surface area contributed by atoms with E-state index in [2.05, 4.69) is 39.2 Å². The molecule has 2 aromatic rings. The lowest BCUT2D eigenvalue weighted by Gasteiger charge is -2.05. The van der Waals surface area contributed by atoms with Gasteiger partial charge in [-0.2, -0.15) is 0 Å². The number of nitrogens with one attached hydrogen (secondary N) is 1. The zero-order valence-electron chi connectivity index (χ0n) is 10.6. The van der Waals surface area contributed by atoms with Crippen molar-refractivity contribution in [1.82, 2.24) is 10.3 Å². The first-order valence-corrected chi connectivity index (χ1v) is 6.82. The number of oxazole rings is 1. The number of hydrogen-bond donors (Lipinski definition) is 1. The summed E-state index contributed by atoms with van der Waals surface area (Å²) in [6, 6.07) is 8.54. The van der Waals surface area contributed by atoms with Crippen molar-refractivity contribution in [1.29, 1.82) is 0 Å². The number of hydrogen-bond acceptors (Lipinski definition) is 3. The monoisotopic (exact) mass is 308 g/mol. The molecule has 0 aliphatic rings. The Hall–Kier alpha value is -1.13. The van der Waals surface area contributed by atoms with E-state index in [1.54, 1.807) is 6.26 Å². The lowest BCUT2D eigenvalue weighted by molar-refractivity contribution is 0.505. The summed E-state index contributed by atoms with van der Waals surface area (Å²) in [5, 5.41) is 3.19. The lowest BCUT2D eigenvalue weighted by atomic mass is 10.1. The molecule has 0 aliphatic heterocycles. The Morgan fingerprint density at radius 2 is 2.17 bits per heavy atom. The van der Waals surface area contributed by atoms with Gasteiger partial charge in [-0.1, -0.05) is 34.1 Å². The summed E-state index contributed by atoms with van der Waals surface area (Å²) in [5.41, 5.74) is 2.19. The molecule has 1 aromatic carbocycles. The van der Waals surface area contributed by atoms with Crippen molar-refractivity contribution in [2.24, 2.45) is 0 Å². The molecule has 0 radical (unpaired) electrons. The van der Waals surface area contributed by atoms with Gasteiger partial charge in [0.05, 0.1) is 12.1 Å². The van der Waals surface area contributed by atoms with Crippen LogP contribution in [0.5, 0.6) is 0 Å². The first-order valence-electron chi connectivity index (χ1n) is 6.03. The molecule has 1 N–H and O–H groups in total. The molecule has 1 heterocycles. The molecular weight excluding hydrogens is 292 g/mol. The topological polar surface area (TPSA) is 38.1 Å². The van der Waals surface area contributed by atoms with Gasteiger partial charge in [0.25, 0.3) is 0 Å². The highest BCUT2D eigenvalue weighted by molar-refractivity contribution is 9.10. The van der Waals surface area contributed by atoms with Crippen LogP contribution in [-0.4, -0.2) is 18.1 Å². The van der Waals surface area contributed by atoms with Crippen molar-refractivity contribution in [3.8, 4) is 0 Å². The third-order valence-electron chi connectivity index (χ3n) is 2.91. The number of rotatable bonds is 5. The van der Waals surface area contributed by atoms with E-state index in [-0.39, 0.29) is 0 Å². The zero-order chi connectivity index (χ0) is 13.0. The lowest BCUT2D eigenvalue weighted by Crippen LogP contribution is -2.23. The van der Waals surface area contributed by atoms with E-state index >= 15 is 0 Å². The fourth-order valence-corrected chi connectivity index (χ4v) is 2.17. The summed E-state index contributed by atoms with van der Waals surface area (Å²) in [6.07, 6.45) is 3.35.